The Bertz CT molecular complexity index is 1480. The van der Waals surface area contributed by atoms with Gasteiger partial charge in [-0.2, -0.15) is 13.3 Å². The van der Waals surface area contributed by atoms with E-state index in [2.05, 4.69) is 20.3 Å². The zero-order valence-electron chi connectivity index (χ0n) is 19.3. The van der Waals surface area contributed by atoms with E-state index >= 15 is 0 Å². The van der Waals surface area contributed by atoms with Gasteiger partial charge in [0.05, 0.1) is 0 Å². The summed E-state index contributed by atoms with van der Waals surface area (Å²) in [5.74, 6) is -3.02. The van der Waals surface area contributed by atoms with E-state index in [0.717, 1.165) is 22.5 Å². The van der Waals surface area contributed by atoms with Gasteiger partial charge in [-0.3, -0.25) is 14.5 Å². The van der Waals surface area contributed by atoms with Crippen LogP contribution < -0.4 is 15.6 Å². The van der Waals surface area contributed by atoms with Gasteiger partial charge in [-0.15, -0.1) is 23.1 Å². The van der Waals surface area contributed by atoms with Crippen LogP contribution in [0.5, 0.6) is 0 Å². The number of amides is 2. The number of aromatic nitrogens is 2. The number of hydrogen-bond donors (Lipinski definition) is 3. The summed E-state index contributed by atoms with van der Waals surface area (Å²) in [4.78, 5) is 46.7. The number of nitrogen functional groups attached to an aromatic ring is 1. The molecule has 0 aromatic carbocycles. The molecule has 0 aliphatic carbocycles. The molecule has 1 saturated heterocycles. The molecule has 2 aliphatic rings. The number of oxime groups is 1. The van der Waals surface area contributed by atoms with E-state index in [0.29, 0.717) is 5.57 Å². The highest BCUT2D eigenvalue weighted by molar-refractivity contribution is 8.00. The number of alkyl halides is 2. The third kappa shape index (κ3) is 5.60. The number of thiazole rings is 1. The lowest BCUT2D eigenvalue weighted by atomic mass is 10.0. The average Bonchev–Trinajstić information content (AvgIpc) is 3.27. The first-order valence-corrected chi connectivity index (χ1v) is 14.3. The van der Waals surface area contributed by atoms with Crippen molar-refractivity contribution in [3.05, 3.63) is 46.9 Å². The number of aliphatic carboxylic acids is 1. The van der Waals surface area contributed by atoms with Gasteiger partial charge >= 0.3 is 12.6 Å². The topological polar surface area (TPSA) is 185 Å². The number of carbonyl (C=O) groups excluding carboxylic acids is 2. The number of nitrogens with zero attached hydrogens (tertiary/aromatic N) is 4. The standard InChI is InChI=1S/C20H18F2N6O7S3/c1-38(33,34)10-3-2-4-27(6-10)5-9-7-36-17-13(16(30)28(17)14(9)18(31)32)25-15(29)12(26-35-19(21)22)11-8-37-20(23)24-11/h2-4,6,8,13,17,19H,5,7H2,1H3,(H3-,23,24,25,29,31,32)/p+1/t13?,17-/m0/s1. The second-order valence-corrected chi connectivity index (χ2v) is 12.0. The molecule has 38 heavy (non-hydrogen) atoms. The first-order chi connectivity index (χ1) is 17.9. The van der Waals surface area contributed by atoms with Crippen LogP contribution in [0.15, 0.2) is 51.2 Å². The predicted octanol–water partition coefficient (Wildman–Crippen LogP) is -0.202. The van der Waals surface area contributed by atoms with E-state index in [-0.39, 0.29) is 33.7 Å². The van der Waals surface area contributed by atoms with Gasteiger partial charge in [-0.25, -0.2) is 18.2 Å². The molecule has 2 aliphatic heterocycles. The first kappa shape index (κ1) is 27.4. The number of thioether (sulfide) groups is 1. The molecule has 18 heteroatoms. The highest BCUT2D eigenvalue weighted by atomic mass is 32.2. The fourth-order valence-corrected chi connectivity index (χ4v) is 6.28. The molecule has 2 aromatic heterocycles. The molecular weight excluding hydrogens is 570 g/mol. The van der Waals surface area contributed by atoms with Crippen LogP contribution >= 0.6 is 23.1 Å². The van der Waals surface area contributed by atoms with E-state index in [1.807, 2.05) is 0 Å². The number of sulfone groups is 1. The zero-order valence-corrected chi connectivity index (χ0v) is 21.7. The quantitative estimate of drug-likeness (QED) is 0.153. The van der Waals surface area contributed by atoms with Crippen molar-refractivity contribution >= 4 is 61.6 Å². The summed E-state index contributed by atoms with van der Waals surface area (Å²) in [7, 11) is -3.50. The van der Waals surface area contributed by atoms with Crippen LogP contribution in [0, 0.1) is 0 Å². The Morgan fingerprint density at radius 3 is 2.79 bits per heavy atom. The van der Waals surface area contributed by atoms with Crippen molar-refractivity contribution in [3.63, 3.8) is 0 Å². The van der Waals surface area contributed by atoms with Crippen molar-refractivity contribution < 1.29 is 46.1 Å². The fraction of sp³-hybridized carbons (Fsp3) is 0.300. The number of hydrogen-bond acceptors (Lipinski definition) is 11. The maximum absolute atomic E-state index is 12.9. The molecule has 0 radical (unpaired) electrons. The number of nitrogens with one attached hydrogen (secondary N) is 1. The SMILES string of the molecule is CS(=O)(=O)c1ccc[n+](CC2=C(C(=O)O)N3C(=O)C(NC(=O)C(=NOC(F)F)c4csc(N)n4)[C@@H]3SC2)c1. The van der Waals surface area contributed by atoms with Crippen LogP contribution in [-0.4, -0.2) is 76.9 Å². The third-order valence-electron chi connectivity index (χ3n) is 5.37. The van der Waals surface area contributed by atoms with Crippen LogP contribution in [0.1, 0.15) is 5.69 Å². The minimum atomic E-state index is -3.50. The van der Waals surface area contributed by atoms with Crippen molar-refractivity contribution in [3.8, 4) is 0 Å². The van der Waals surface area contributed by atoms with Crippen LogP contribution in [0.3, 0.4) is 0 Å². The summed E-state index contributed by atoms with van der Waals surface area (Å²) < 4.78 is 50.3. The predicted molar refractivity (Wildman–Crippen MR) is 130 cm³/mol. The monoisotopic (exact) mass is 589 g/mol. The number of pyridine rings is 1. The van der Waals surface area contributed by atoms with Gasteiger partial charge in [0, 0.05) is 29.0 Å². The van der Waals surface area contributed by atoms with Gasteiger partial charge in [-0.1, -0.05) is 5.16 Å². The molecule has 4 N–H and O–H groups in total. The Hall–Kier alpha value is -3.64. The number of carboxylic acid groups (broad SMARTS) is 1. The normalized spacial score (nSPS) is 19.7. The Kier molecular flexibility index (Phi) is 7.65. The molecule has 13 nitrogen and oxygen atoms in total. The fourth-order valence-electron chi connectivity index (χ4n) is 3.74. The molecule has 2 aromatic rings. The highest BCUT2D eigenvalue weighted by Crippen LogP contribution is 2.40. The smallest absolute Gasteiger partial charge is 0.407 e. The number of nitrogens with two attached hydrogens (primary N) is 1. The molecule has 1 unspecified atom stereocenters. The number of carboxylic acids is 1. The lowest BCUT2D eigenvalue weighted by Crippen LogP contribution is -2.71. The second-order valence-electron chi connectivity index (χ2n) is 7.98. The van der Waals surface area contributed by atoms with Crippen LogP contribution in [0.25, 0.3) is 0 Å². The molecule has 1 fully saturated rings. The number of rotatable bonds is 9. The van der Waals surface area contributed by atoms with Crippen LogP contribution in [0.2, 0.25) is 0 Å². The van der Waals surface area contributed by atoms with Gasteiger partial charge < -0.3 is 21.0 Å². The van der Waals surface area contributed by atoms with Gasteiger partial charge in [0.2, 0.25) is 0 Å². The van der Waals surface area contributed by atoms with E-state index in [4.69, 9.17) is 5.73 Å². The minimum Gasteiger partial charge on any atom is -0.477 e. The van der Waals surface area contributed by atoms with Gasteiger partial charge in [0.15, 0.2) is 39.6 Å². The summed E-state index contributed by atoms with van der Waals surface area (Å²) in [5.41, 5.74) is 4.81. The minimum absolute atomic E-state index is 0.00145. The molecule has 0 saturated carbocycles. The maximum atomic E-state index is 12.9. The van der Waals surface area contributed by atoms with Crippen molar-refractivity contribution in [2.45, 2.75) is 29.5 Å². The van der Waals surface area contributed by atoms with E-state index in [9.17, 15) is 36.7 Å². The van der Waals surface area contributed by atoms with Gasteiger partial charge in [0.25, 0.3) is 11.8 Å². The number of halogens is 2. The van der Waals surface area contributed by atoms with Crippen LogP contribution in [-0.2, 0) is 35.6 Å². The Morgan fingerprint density at radius 1 is 1.45 bits per heavy atom. The number of anilines is 1. The number of fused-ring (bicyclic) bond motifs is 1. The lowest BCUT2D eigenvalue weighted by Gasteiger charge is -2.49. The number of carbonyl (C=O) groups is 3. The first-order valence-electron chi connectivity index (χ1n) is 10.5. The second kappa shape index (κ2) is 10.6. The van der Waals surface area contributed by atoms with Crippen molar-refractivity contribution in [2.24, 2.45) is 5.16 Å². The molecule has 4 rings (SSSR count). The van der Waals surface area contributed by atoms with E-state index in [1.54, 1.807) is 6.20 Å². The van der Waals surface area contributed by atoms with Crippen molar-refractivity contribution in [1.82, 2.24) is 15.2 Å². The van der Waals surface area contributed by atoms with Crippen LogP contribution in [0.4, 0.5) is 13.9 Å². The molecule has 2 atom stereocenters. The summed E-state index contributed by atoms with van der Waals surface area (Å²) in [6.07, 6.45) is 3.96. The molecule has 202 valence electrons. The van der Waals surface area contributed by atoms with E-state index in [1.165, 1.54) is 40.0 Å². The molecular formula is C20H19F2N6O7S3+. The molecule has 0 spiro atoms. The Labute approximate surface area is 221 Å². The maximum Gasteiger partial charge on any atom is 0.407 e. The largest absolute Gasteiger partial charge is 0.477 e. The summed E-state index contributed by atoms with van der Waals surface area (Å²) in [5, 5.41) is 15.9. The highest BCUT2D eigenvalue weighted by Gasteiger charge is 2.54. The van der Waals surface area contributed by atoms with Gasteiger partial charge in [0.1, 0.15) is 27.7 Å². The third-order valence-corrected chi connectivity index (χ3v) is 8.48. The Balaban J connectivity index is 1.55. The zero-order chi connectivity index (χ0) is 27.8. The van der Waals surface area contributed by atoms with Crippen molar-refractivity contribution in [2.75, 3.05) is 17.7 Å². The molecule has 4 heterocycles. The van der Waals surface area contributed by atoms with E-state index < -0.39 is 51.4 Å². The lowest BCUT2D eigenvalue weighted by molar-refractivity contribution is -0.690. The molecule has 2 amide bonds. The molecule has 0 bridgehead atoms. The van der Waals surface area contributed by atoms with Crippen molar-refractivity contribution in [1.29, 1.82) is 0 Å². The summed E-state index contributed by atoms with van der Waals surface area (Å²) in [6.45, 7) is -3.32. The average molecular weight is 590 g/mol. The summed E-state index contributed by atoms with van der Waals surface area (Å²) >= 11 is 2.09. The summed E-state index contributed by atoms with van der Waals surface area (Å²) in [6, 6.07) is 1.72. The Morgan fingerprint density at radius 2 is 2.18 bits per heavy atom. The van der Waals surface area contributed by atoms with Gasteiger partial charge in [-0.05, 0) is 6.07 Å². The number of β-lactam (4-membered cyclic amide) rings is 1.